The van der Waals surface area contributed by atoms with Crippen LogP contribution in [0.5, 0.6) is 11.6 Å². The number of nitrogens with one attached hydrogen (secondary N) is 1. The SMILES string of the molecule is CC(=O)OC1CCc2c(Oc3ccc(NC(=O)c4ccc(Cl)c(Cl)c4)cn3)cccc21. The molecular formula is C23H18Cl2N2O4. The zero-order valence-electron chi connectivity index (χ0n) is 16.5. The van der Waals surface area contributed by atoms with Gasteiger partial charge in [-0.25, -0.2) is 4.98 Å². The van der Waals surface area contributed by atoms with Gasteiger partial charge in [0.15, 0.2) is 0 Å². The number of hydrogen-bond acceptors (Lipinski definition) is 5. The van der Waals surface area contributed by atoms with Gasteiger partial charge in [0, 0.05) is 24.1 Å². The molecule has 1 atom stereocenters. The summed E-state index contributed by atoms with van der Waals surface area (Å²) in [5, 5.41) is 3.44. The third kappa shape index (κ3) is 4.81. The van der Waals surface area contributed by atoms with Crippen LogP contribution in [0.3, 0.4) is 0 Å². The average molecular weight is 457 g/mol. The Morgan fingerprint density at radius 1 is 1.10 bits per heavy atom. The first kappa shape index (κ1) is 21.2. The Labute approximate surface area is 189 Å². The molecule has 1 amide bonds. The second kappa shape index (κ2) is 8.96. The first-order valence-corrected chi connectivity index (χ1v) is 10.4. The maximum atomic E-state index is 12.4. The van der Waals surface area contributed by atoms with Crippen molar-refractivity contribution in [3.8, 4) is 11.6 Å². The highest BCUT2D eigenvalue weighted by molar-refractivity contribution is 6.42. The second-order valence-corrected chi connectivity index (χ2v) is 7.85. The number of amides is 1. The number of aromatic nitrogens is 1. The summed E-state index contributed by atoms with van der Waals surface area (Å²) in [5.41, 5.74) is 2.86. The molecule has 6 nitrogen and oxygen atoms in total. The summed E-state index contributed by atoms with van der Waals surface area (Å²) in [4.78, 5) is 28.0. The number of esters is 1. The summed E-state index contributed by atoms with van der Waals surface area (Å²) >= 11 is 11.9. The first-order valence-electron chi connectivity index (χ1n) is 9.60. The Balaban J connectivity index is 1.45. The third-order valence-corrected chi connectivity index (χ3v) is 5.61. The monoisotopic (exact) mass is 456 g/mol. The number of carbonyl (C=O) groups is 2. The molecule has 1 heterocycles. The van der Waals surface area contributed by atoms with Crippen LogP contribution >= 0.6 is 23.2 Å². The predicted molar refractivity (Wildman–Crippen MR) is 118 cm³/mol. The summed E-state index contributed by atoms with van der Waals surface area (Å²) in [6, 6.07) is 13.7. The molecule has 1 N–H and O–H groups in total. The summed E-state index contributed by atoms with van der Waals surface area (Å²) in [6.45, 7) is 1.41. The zero-order chi connectivity index (χ0) is 22.0. The molecule has 4 rings (SSSR count). The van der Waals surface area contributed by atoms with E-state index in [1.54, 1.807) is 24.3 Å². The Kier molecular flexibility index (Phi) is 6.11. The molecule has 0 spiro atoms. The topological polar surface area (TPSA) is 77.5 Å². The van der Waals surface area contributed by atoms with Crippen LogP contribution in [-0.2, 0) is 16.0 Å². The number of anilines is 1. The smallest absolute Gasteiger partial charge is 0.303 e. The van der Waals surface area contributed by atoms with Crippen molar-refractivity contribution in [1.29, 1.82) is 0 Å². The molecule has 0 bridgehead atoms. The van der Waals surface area contributed by atoms with E-state index in [9.17, 15) is 9.59 Å². The molecule has 1 aromatic heterocycles. The minimum atomic E-state index is -0.327. The van der Waals surface area contributed by atoms with Gasteiger partial charge in [0.05, 0.1) is 21.9 Å². The van der Waals surface area contributed by atoms with Crippen LogP contribution in [0.25, 0.3) is 0 Å². The molecule has 0 radical (unpaired) electrons. The van der Waals surface area contributed by atoms with Gasteiger partial charge in [-0.1, -0.05) is 35.3 Å². The van der Waals surface area contributed by atoms with E-state index in [-0.39, 0.29) is 18.0 Å². The van der Waals surface area contributed by atoms with Crippen LogP contribution in [-0.4, -0.2) is 16.9 Å². The Bertz CT molecular complexity index is 1150. The van der Waals surface area contributed by atoms with E-state index < -0.39 is 0 Å². The van der Waals surface area contributed by atoms with Gasteiger partial charge in [-0.05, 0) is 48.7 Å². The van der Waals surface area contributed by atoms with E-state index in [1.165, 1.54) is 19.2 Å². The number of carbonyl (C=O) groups excluding carboxylic acids is 2. The van der Waals surface area contributed by atoms with E-state index in [0.717, 1.165) is 24.0 Å². The van der Waals surface area contributed by atoms with Gasteiger partial charge < -0.3 is 14.8 Å². The van der Waals surface area contributed by atoms with Crippen LogP contribution < -0.4 is 10.1 Å². The van der Waals surface area contributed by atoms with Crippen molar-refractivity contribution in [2.45, 2.75) is 25.9 Å². The summed E-state index contributed by atoms with van der Waals surface area (Å²) < 4.78 is 11.3. The lowest BCUT2D eigenvalue weighted by Crippen LogP contribution is -2.12. The minimum absolute atomic E-state index is 0.247. The number of hydrogen-bond donors (Lipinski definition) is 1. The van der Waals surface area contributed by atoms with Crippen molar-refractivity contribution < 1.29 is 19.1 Å². The van der Waals surface area contributed by atoms with Gasteiger partial charge in [0.1, 0.15) is 11.9 Å². The average Bonchev–Trinajstić information content (AvgIpc) is 3.14. The van der Waals surface area contributed by atoms with Crippen molar-refractivity contribution in [2.24, 2.45) is 0 Å². The van der Waals surface area contributed by atoms with Gasteiger partial charge in [-0.2, -0.15) is 0 Å². The maximum absolute atomic E-state index is 12.4. The van der Waals surface area contributed by atoms with Crippen LogP contribution in [0.4, 0.5) is 5.69 Å². The fourth-order valence-electron chi connectivity index (χ4n) is 3.47. The summed E-state index contributed by atoms with van der Waals surface area (Å²) in [5.74, 6) is 0.430. The number of fused-ring (bicyclic) bond motifs is 1. The molecule has 1 aliphatic rings. The fourth-order valence-corrected chi connectivity index (χ4v) is 3.77. The summed E-state index contributed by atoms with van der Waals surface area (Å²) in [6.07, 6.45) is 2.74. The molecular weight excluding hydrogens is 439 g/mol. The van der Waals surface area contributed by atoms with Gasteiger partial charge in [-0.15, -0.1) is 0 Å². The molecule has 0 saturated heterocycles. The second-order valence-electron chi connectivity index (χ2n) is 7.03. The maximum Gasteiger partial charge on any atom is 0.303 e. The minimum Gasteiger partial charge on any atom is -0.458 e. The molecule has 31 heavy (non-hydrogen) atoms. The highest BCUT2D eigenvalue weighted by Gasteiger charge is 2.27. The third-order valence-electron chi connectivity index (χ3n) is 4.87. The largest absolute Gasteiger partial charge is 0.458 e. The number of halogens is 2. The lowest BCUT2D eigenvalue weighted by atomic mass is 10.1. The molecule has 0 saturated carbocycles. The number of rotatable bonds is 5. The van der Waals surface area contributed by atoms with Crippen molar-refractivity contribution in [2.75, 3.05) is 5.32 Å². The van der Waals surface area contributed by atoms with E-state index in [0.29, 0.717) is 32.9 Å². The number of nitrogens with zero attached hydrogens (tertiary/aromatic N) is 1. The first-order chi connectivity index (χ1) is 14.9. The summed E-state index contributed by atoms with van der Waals surface area (Å²) in [7, 11) is 0. The highest BCUT2D eigenvalue weighted by Crippen LogP contribution is 2.40. The van der Waals surface area contributed by atoms with E-state index in [2.05, 4.69) is 10.3 Å². The van der Waals surface area contributed by atoms with E-state index in [1.807, 2.05) is 18.2 Å². The van der Waals surface area contributed by atoms with Crippen LogP contribution in [0, 0.1) is 0 Å². The molecule has 0 fully saturated rings. The number of ether oxygens (including phenoxy) is 2. The molecule has 0 aliphatic heterocycles. The highest BCUT2D eigenvalue weighted by atomic mass is 35.5. The number of benzene rings is 2. The van der Waals surface area contributed by atoms with Crippen molar-refractivity contribution in [3.63, 3.8) is 0 Å². The van der Waals surface area contributed by atoms with Crippen LogP contribution in [0.15, 0.2) is 54.7 Å². The standard InChI is InChI=1S/C23H18Cl2N2O4/c1-13(28)30-21-9-7-17-16(21)3-2-4-20(17)31-22-10-6-15(12-26-22)27-23(29)14-5-8-18(24)19(25)11-14/h2-6,8,10-12,21H,7,9H2,1H3,(H,27,29). The Hall–Kier alpha value is -3.09. The lowest BCUT2D eigenvalue weighted by molar-refractivity contribution is -0.146. The molecule has 1 aliphatic carbocycles. The fraction of sp³-hybridized carbons (Fsp3) is 0.174. The quantitative estimate of drug-likeness (QED) is 0.477. The predicted octanol–water partition coefficient (Wildman–Crippen LogP) is 5.98. The van der Waals surface area contributed by atoms with Crippen molar-refractivity contribution in [1.82, 2.24) is 4.98 Å². The molecule has 8 heteroatoms. The molecule has 158 valence electrons. The van der Waals surface area contributed by atoms with Gasteiger partial charge in [-0.3, -0.25) is 9.59 Å². The van der Waals surface area contributed by atoms with Crippen LogP contribution in [0.2, 0.25) is 10.0 Å². The Morgan fingerprint density at radius 2 is 1.94 bits per heavy atom. The zero-order valence-corrected chi connectivity index (χ0v) is 18.0. The van der Waals surface area contributed by atoms with Gasteiger partial charge in [0.25, 0.3) is 5.91 Å². The van der Waals surface area contributed by atoms with Crippen molar-refractivity contribution in [3.05, 3.63) is 81.5 Å². The normalized spacial score (nSPS) is 14.6. The van der Waals surface area contributed by atoms with Gasteiger partial charge >= 0.3 is 5.97 Å². The Morgan fingerprint density at radius 3 is 2.65 bits per heavy atom. The number of pyridine rings is 1. The van der Waals surface area contributed by atoms with E-state index in [4.69, 9.17) is 32.7 Å². The van der Waals surface area contributed by atoms with E-state index >= 15 is 0 Å². The van der Waals surface area contributed by atoms with Gasteiger partial charge in [0.2, 0.25) is 5.88 Å². The molecule has 2 aromatic carbocycles. The van der Waals surface area contributed by atoms with Crippen molar-refractivity contribution >= 4 is 40.8 Å². The van der Waals surface area contributed by atoms with Crippen LogP contribution in [0.1, 0.15) is 40.9 Å². The molecule has 3 aromatic rings. The lowest BCUT2D eigenvalue weighted by Gasteiger charge is -2.13. The molecule has 1 unspecified atom stereocenters.